The molecule has 0 saturated heterocycles. The van der Waals surface area contributed by atoms with Gasteiger partial charge in [0, 0.05) is 0 Å². The molecular weight excluding hydrogens is 100 g/mol. The molecule has 0 saturated carbocycles. The second-order valence-corrected chi connectivity index (χ2v) is 2.09. The zero-order chi connectivity index (χ0) is 4.41. The van der Waals surface area contributed by atoms with Gasteiger partial charge in [-0.2, -0.15) is 0 Å². The molecule has 1 rings (SSSR count). The summed E-state index contributed by atoms with van der Waals surface area (Å²) < 4.78 is 12.6. The summed E-state index contributed by atoms with van der Waals surface area (Å²) in [6.07, 6.45) is 1.45. The quantitative estimate of drug-likeness (QED) is 0.431. The molecule has 1 unspecified atom stereocenters. The molecule has 4 heteroatoms. The Kier molecular flexibility index (Phi) is 0.874. The maximum Gasteiger partial charge on any atom is 0.140 e. The maximum absolute atomic E-state index is 10.1. The highest BCUT2D eigenvalue weighted by Crippen LogP contribution is 1.79. The van der Waals surface area contributed by atoms with Crippen LogP contribution in [0, 0.1) is 0 Å². The highest BCUT2D eigenvalue weighted by molar-refractivity contribution is 7.83. The topological polar surface area (TPSA) is 41.5 Å². The van der Waals surface area contributed by atoms with E-state index in [0.717, 1.165) is 0 Å². The molecule has 0 bridgehead atoms. The van der Waals surface area contributed by atoms with Gasteiger partial charge in [-0.05, 0) is 0 Å². The van der Waals surface area contributed by atoms with Gasteiger partial charge in [-0.1, -0.05) is 0 Å². The Hall–Kier alpha value is -0.380. The van der Waals surface area contributed by atoms with E-state index in [1.165, 1.54) is 6.34 Å². The molecule has 1 atom stereocenters. The second-order valence-electron chi connectivity index (χ2n) is 0.904. The number of nitrogens with zero attached hydrogens (tertiary/aromatic N) is 1. The summed E-state index contributed by atoms with van der Waals surface area (Å²) in [4.78, 5) is 3.63. The number of nitrogens with one attached hydrogen (secondary N) is 1. The summed E-state index contributed by atoms with van der Waals surface area (Å²) >= 11 is 0. The first-order chi connectivity index (χ1) is 2.89. The molecule has 34 valence electrons. The average Bonchev–Trinajstić information content (AvgIpc) is 1.86. The maximum atomic E-state index is 10.1. The van der Waals surface area contributed by atoms with Crippen LogP contribution in [0.1, 0.15) is 0 Å². The largest absolute Gasteiger partial charge is 0.294 e. The SMILES string of the molecule is O=S1CN=CN1. The van der Waals surface area contributed by atoms with Gasteiger partial charge in [0.05, 0.1) is 6.34 Å². The molecule has 0 fully saturated rings. The van der Waals surface area contributed by atoms with Gasteiger partial charge in [-0.25, -0.2) is 4.21 Å². The van der Waals surface area contributed by atoms with Crippen molar-refractivity contribution in [3.63, 3.8) is 0 Å². The van der Waals surface area contributed by atoms with Crippen LogP contribution >= 0.6 is 0 Å². The number of hydrogen-bond acceptors (Lipinski definition) is 2. The third-order valence-corrected chi connectivity index (χ3v) is 1.22. The van der Waals surface area contributed by atoms with Crippen LogP contribution in [0.5, 0.6) is 0 Å². The van der Waals surface area contributed by atoms with Crippen LogP contribution in [0.2, 0.25) is 0 Å². The van der Waals surface area contributed by atoms with Crippen LogP contribution in [0.3, 0.4) is 0 Å². The van der Waals surface area contributed by atoms with E-state index >= 15 is 0 Å². The van der Waals surface area contributed by atoms with E-state index in [1.54, 1.807) is 0 Å². The third kappa shape index (κ3) is 0.567. The Morgan fingerprint density at radius 2 is 2.83 bits per heavy atom. The lowest BCUT2D eigenvalue weighted by atomic mass is 11.3. The van der Waals surface area contributed by atoms with Crippen LogP contribution < -0.4 is 4.72 Å². The summed E-state index contributed by atoms with van der Waals surface area (Å²) in [6.45, 7) is 0. The lowest BCUT2D eigenvalue weighted by molar-refractivity contribution is 0.683. The molecule has 6 heavy (non-hydrogen) atoms. The molecule has 0 aliphatic carbocycles. The third-order valence-electron chi connectivity index (χ3n) is 0.467. The minimum atomic E-state index is -0.895. The second kappa shape index (κ2) is 1.38. The first kappa shape index (κ1) is 3.80. The van der Waals surface area contributed by atoms with Gasteiger partial charge >= 0.3 is 0 Å². The van der Waals surface area contributed by atoms with Crippen molar-refractivity contribution in [3.8, 4) is 0 Å². The minimum absolute atomic E-state index is 0.417. The van der Waals surface area contributed by atoms with Crippen LogP contribution in [-0.4, -0.2) is 16.4 Å². The highest BCUT2D eigenvalue weighted by atomic mass is 32.2. The number of aliphatic imine (C=N–C) groups is 1. The van der Waals surface area contributed by atoms with E-state index in [0.29, 0.717) is 5.88 Å². The van der Waals surface area contributed by atoms with Gasteiger partial charge in [-0.15, -0.1) is 0 Å². The zero-order valence-corrected chi connectivity index (χ0v) is 3.86. The molecule has 0 aromatic heterocycles. The molecule has 1 aliphatic rings. The minimum Gasteiger partial charge on any atom is -0.294 e. The zero-order valence-electron chi connectivity index (χ0n) is 3.05. The monoisotopic (exact) mass is 104 g/mol. The average molecular weight is 104 g/mol. The van der Waals surface area contributed by atoms with Gasteiger partial charge < -0.3 is 0 Å². The van der Waals surface area contributed by atoms with Crippen molar-refractivity contribution in [2.24, 2.45) is 4.99 Å². The lowest BCUT2D eigenvalue weighted by Crippen LogP contribution is -2.07. The normalized spacial score (nSPS) is 30.3. The predicted octanol–water partition coefficient (Wildman–Crippen LogP) is -0.761. The lowest BCUT2D eigenvalue weighted by Gasteiger charge is -1.78. The van der Waals surface area contributed by atoms with Crippen molar-refractivity contribution in [2.75, 3.05) is 5.88 Å². The van der Waals surface area contributed by atoms with Crippen LogP contribution in [0.25, 0.3) is 0 Å². The van der Waals surface area contributed by atoms with E-state index in [4.69, 9.17) is 0 Å². The summed E-state index contributed by atoms with van der Waals surface area (Å²) in [5.74, 6) is 0.417. The van der Waals surface area contributed by atoms with E-state index in [1.807, 2.05) is 0 Å². The Balaban J connectivity index is 2.52. The molecule has 1 heterocycles. The fraction of sp³-hybridized carbons (Fsp3) is 0.500. The molecule has 0 spiro atoms. The number of hydrogen-bond donors (Lipinski definition) is 1. The van der Waals surface area contributed by atoms with Crippen LogP contribution in [-0.2, 0) is 11.0 Å². The summed E-state index contributed by atoms with van der Waals surface area (Å²) in [5, 5.41) is 0. The smallest absolute Gasteiger partial charge is 0.140 e. The van der Waals surface area contributed by atoms with E-state index in [-0.39, 0.29) is 0 Å². The molecule has 1 aliphatic heterocycles. The van der Waals surface area contributed by atoms with Crippen molar-refractivity contribution >= 4 is 17.3 Å². The Morgan fingerprint density at radius 1 is 2.00 bits per heavy atom. The molecule has 3 nitrogen and oxygen atoms in total. The van der Waals surface area contributed by atoms with Gasteiger partial charge in [0.15, 0.2) is 0 Å². The molecule has 0 aromatic carbocycles. The molecular formula is C2H4N2OS. The van der Waals surface area contributed by atoms with Crippen molar-refractivity contribution in [3.05, 3.63) is 0 Å². The van der Waals surface area contributed by atoms with Crippen LogP contribution in [0.15, 0.2) is 4.99 Å². The molecule has 0 radical (unpaired) electrons. The van der Waals surface area contributed by atoms with Crippen molar-refractivity contribution in [1.82, 2.24) is 4.72 Å². The molecule has 0 amide bonds. The summed E-state index contributed by atoms with van der Waals surface area (Å²) in [6, 6.07) is 0. The highest BCUT2D eigenvalue weighted by Gasteiger charge is 1.96. The van der Waals surface area contributed by atoms with E-state index < -0.39 is 11.0 Å². The van der Waals surface area contributed by atoms with Crippen molar-refractivity contribution in [2.45, 2.75) is 0 Å². The molecule has 1 N–H and O–H groups in total. The number of rotatable bonds is 0. The van der Waals surface area contributed by atoms with Gasteiger partial charge in [0.2, 0.25) is 0 Å². The van der Waals surface area contributed by atoms with E-state index in [9.17, 15) is 4.21 Å². The fourth-order valence-electron chi connectivity index (χ4n) is 0.238. The van der Waals surface area contributed by atoms with Gasteiger partial charge in [0.25, 0.3) is 0 Å². The summed E-state index contributed by atoms with van der Waals surface area (Å²) in [5.41, 5.74) is 0. The first-order valence-electron chi connectivity index (χ1n) is 1.52. The van der Waals surface area contributed by atoms with Crippen molar-refractivity contribution in [1.29, 1.82) is 0 Å². The Morgan fingerprint density at radius 3 is 3.00 bits per heavy atom. The predicted molar refractivity (Wildman–Crippen MR) is 24.6 cm³/mol. The summed E-state index contributed by atoms with van der Waals surface area (Å²) in [7, 11) is -0.895. The van der Waals surface area contributed by atoms with Crippen molar-refractivity contribution < 1.29 is 4.21 Å². The van der Waals surface area contributed by atoms with E-state index in [2.05, 4.69) is 9.71 Å². The fourth-order valence-corrected chi connectivity index (χ4v) is 0.715. The standard InChI is InChI=1S/C2H4N2OS/c5-6-2-3-1-4-6/h1H,2H2,(H,3,4). The Bertz CT molecular complexity index is 89.7. The molecule has 0 aromatic rings. The first-order valence-corrected chi connectivity index (χ1v) is 2.84. The van der Waals surface area contributed by atoms with Gasteiger partial charge in [-0.3, -0.25) is 9.71 Å². The van der Waals surface area contributed by atoms with Crippen LogP contribution in [0.4, 0.5) is 0 Å². The van der Waals surface area contributed by atoms with Gasteiger partial charge in [0.1, 0.15) is 16.9 Å². The Labute approximate surface area is 38.1 Å².